The molecule has 0 aliphatic rings. The molecule has 1 aromatic heterocycles. The van der Waals surface area contributed by atoms with Gasteiger partial charge in [-0.25, -0.2) is 13.0 Å². The fourth-order valence-corrected chi connectivity index (χ4v) is 2.28. The fourth-order valence-electron chi connectivity index (χ4n) is 1.65. The maximum absolute atomic E-state index is 11.3. The molecule has 0 bridgehead atoms. The lowest BCUT2D eigenvalue weighted by Crippen LogP contribution is -2.02. The first-order valence-corrected chi connectivity index (χ1v) is 7.93. The van der Waals surface area contributed by atoms with E-state index in [0.717, 1.165) is 6.26 Å². The number of rotatable bonds is 5. The van der Waals surface area contributed by atoms with E-state index in [9.17, 15) is 18.5 Å². The second-order valence-electron chi connectivity index (χ2n) is 4.47. The standard InChI is InChI=1S/C12H13N5O4S/c1-16-10(7-13-12(16)17(18)19)8-14-15-9-3-5-11(6-4-9)22(2,20)21/h3-8,15H,1-2H3. The summed E-state index contributed by atoms with van der Waals surface area (Å²) in [5.74, 6) is -0.279. The predicted molar refractivity (Wildman–Crippen MR) is 80.6 cm³/mol. The molecule has 0 saturated heterocycles. The Morgan fingerprint density at radius 2 is 2.00 bits per heavy atom. The monoisotopic (exact) mass is 323 g/mol. The number of sulfone groups is 1. The van der Waals surface area contributed by atoms with Gasteiger partial charge in [0.25, 0.3) is 0 Å². The number of benzene rings is 1. The van der Waals surface area contributed by atoms with Crippen LogP contribution in [0.3, 0.4) is 0 Å². The summed E-state index contributed by atoms with van der Waals surface area (Å²) in [4.78, 5) is 13.9. The summed E-state index contributed by atoms with van der Waals surface area (Å²) in [6.45, 7) is 0. The van der Waals surface area contributed by atoms with Gasteiger partial charge in [0.2, 0.25) is 0 Å². The van der Waals surface area contributed by atoms with Crippen molar-refractivity contribution in [2.45, 2.75) is 4.90 Å². The third kappa shape index (κ3) is 3.47. The van der Waals surface area contributed by atoms with Crippen LogP contribution in [0.15, 0.2) is 40.5 Å². The molecule has 0 aliphatic heterocycles. The van der Waals surface area contributed by atoms with Gasteiger partial charge in [0.05, 0.1) is 23.8 Å². The van der Waals surface area contributed by atoms with Crippen LogP contribution in [0.2, 0.25) is 0 Å². The zero-order chi connectivity index (χ0) is 16.3. The van der Waals surface area contributed by atoms with Crippen molar-refractivity contribution in [2.24, 2.45) is 12.1 Å². The highest BCUT2D eigenvalue weighted by Gasteiger charge is 2.15. The van der Waals surface area contributed by atoms with Gasteiger partial charge in [0.15, 0.2) is 15.5 Å². The molecule has 0 fully saturated rings. The van der Waals surface area contributed by atoms with E-state index in [1.165, 1.54) is 36.2 Å². The number of aromatic nitrogens is 2. The number of nitrogens with one attached hydrogen (secondary N) is 1. The van der Waals surface area contributed by atoms with Crippen LogP contribution in [-0.4, -0.2) is 35.4 Å². The van der Waals surface area contributed by atoms with Gasteiger partial charge in [-0.15, -0.1) is 0 Å². The van der Waals surface area contributed by atoms with E-state index in [1.54, 1.807) is 12.1 Å². The lowest BCUT2D eigenvalue weighted by Gasteiger charge is -2.01. The summed E-state index contributed by atoms with van der Waals surface area (Å²) >= 11 is 0. The highest BCUT2D eigenvalue weighted by molar-refractivity contribution is 7.90. The summed E-state index contributed by atoms with van der Waals surface area (Å²) in [6.07, 6.45) is 3.84. The van der Waals surface area contributed by atoms with Crippen LogP contribution in [0.1, 0.15) is 5.69 Å². The van der Waals surface area contributed by atoms with Crippen LogP contribution in [0, 0.1) is 10.1 Å². The van der Waals surface area contributed by atoms with E-state index >= 15 is 0 Å². The van der Waals surface area contributed by atoms with Crippen molar-refractivity contribution in [2.75, 3.05) is 11.7 Å². The summed E-state index contributed by atoms with van der Waals surface area (Å²) in [5.41, 5.74) is 3.74. The molecule has 0 unspecified atom stereocenters. The summed E-state index contributed by atoms with van der Waals surface area (Å²) in [6, 6.07) is 6.06. The summed E-state index contributed by atoms with van der Waals surface area (Å²) < 4.78 is 23.9. The normalized spacial score (nSPS) is 11.7. The van der Waals surface area contributed by atoms with E-state index in [4.69, 9.17) is 0 Å². The quantitative estimate of drug-likeness (QED) is 0.501. The maximum Gasteiger partial charge on any atom is 0.434 e. The van der Waals surface area contributed by atoms with E-state index in [0.29, 0.717) is 11.4 Å². The molecule has 1 heterocycles. The van der Waals surface area contributed by atoms with Crippen LogP contribution in [0.5, 0.6) is 0 Å². The van der Waals surface area contributed by atoms with E-state index in [2.05, 4.69) is 15.5 Å². The minimum absolute atomic E-state index is 0.212. The SMILES string of the molecule is Cn1c(C=NNc2ccc(S(C)(=O)=O)cc2)cnc1[N+](=O)[O-]. The number of hydrogen-bond donors (Lipinski definition) is 1. The summed E-state index contributed by atoms with van der Waals surface area (Å²) in [5, 5.41) is 14.6. The fraction of sp³-hybridized carbons (Fsp3) is 0.167. The second-order valence-corrected chi connectivity index (χ2v) is 6.48. The van der Waals surface area contributed by atoms with E-state index in [-0.39, 0.29) is 10.8 Å². The number of anilines is 1. The molecule has 1 N–H and O–H groups in total. The Bertz CT molecular complexity index is 824. The van der Waals surface area contributed by atoms with Crippen LogP contribution >= 0.6 is 0 Å². The first kappa shape index (κ1) is 15.6. The minimum atomic E-state index is -3.24. The smallest absolute Gasteiger partial charge is 0.390 e. The van der Waals surface area contributed by atoms with Crippen LogP contribution in [-0.2, 0) is 16.9 Å². The van der Waals surface area contributed by atoms with Crippen LogP contribution < -0.4 is 5.43 Å². The molecule has 0 amide bonds. The van der Waals surface area contributed by atoms with Gasteiger partial charge in [-0.05, 0) is 29.2 Å². The van der Waals surface area contributed by atoms with Crippen molar-refractivity contribution in [3.05, 3.63) is 46.3 Å². The third-order valence-electron chi connectivity index (χ3n) is 2.84. The lowest BCUT2D eigenvalue weighted by molar-refractivity contribution is -0.396. The van der Waals surface area contributed by atoms with E-state index < -0.39 is 14.8 Å². The van der Waals surface area contributed by atoms with Gasteiger partial charge in [-0.1, -0.05) is 4.98 Å². The Labute approximate surface area is 126 Å². The molecule has 9 nitrogen and oxygen atoms in total. The van der Waals surface area contributed by atoms with Gasteiger partial charge >= 0.3 is 5.95 Å². The van der Waals surface area contributed by atoms with Gasteiger partial charge < -0.3 is 10.1 Å². The topological polar surface area (TPSA) is 119 Å². The molecule has 0 spiro atoms. The zero-order valence-electron chi connectivity index (χ0n) is 11.8. The highest BCUT2D eigenvalue weighted by atomic mass is 32.2. The third-order valence-corrected chi connectivity index (χ3v) is 3.96. The molecular weight excluding hydrogens is 310 g/mol. The molecule has 0 radical (unpaired) electrons. The minimum Gasteiger partial charge on any atom is -0.390 e. The lowest BCUT2D eigenvalue weighted by atomic mass is 10.3. The molecule has 10 heteroatoms. The Balaban J connectivity index is 2.08. The zero-order valence-corrected chi connectivity index (χ0v) is 12.6. The molecule has 1 aromatic carbocycles. The maximum atomic E-state index is 11.3. The van der Waals surface area contributed by atoms with Crippen LogP contribution in [0.4, 0.5) is 11.6 Å². The largest absolute Gasteiger partial charge is 0.434 e. The molecule has 2 aromatic rings. The van der Waals surface area contributed by atoms with Gasteiger partial charge in [0, 0.05) is 6.26 Å². The van der Waals surface area contributed by atoms with Crippen molar-refractivity contribution in [3.63, 3.8) is 0 Å². The van der Waals surface area contributed by atoms with E-state index in [1.807, 2.05) is 0 Å². The van der Waals surface area contributed by atoms with Gasteiger partial charge in [-0.3, -0.25) is 5.43 Å². The predicted octanol–water partition coefficient (Wildman–Crippen LogP) is 1.18. The first-order chi connectivity index (χ1) is 10.3. The Morgan fingerprint density at radius 3 is 2.50 bits per heavy atom. The number of hydrazone groups is 1. The Morgan fingerprint density at radius 1 is 1.36 bits per heavy atom. The Hall–Kier alpha value is -2.75. The average Bonchev–Trinajstić information content (AvgIpc) is 2.80. The number of imidazole rings is 1. The first-order valence-electron chi connectivity index (χ1n) is 6.04. The highest BCUT2D eigenvalue weighted by Crippen LogP contribution is 2.14. The van der Waals surface area contributed by atoms with Crippen LogP contribution in [0.25, 0.3) is 0 Å². The molecule has 0 saturated carbocycles. The van der Waals surface area contributed by atoms with Gasteiger partial charge in [0.1, 0.15) is 6.20 Å². The van der Waals surface area contributed by atoms with Crippen molar-refractivity contribution >= 4 is 27.7 Å². The van der Waals surface area contributed by atoms with Crippen molar-refractivity contribution in [1.82, 2.24) is 9.55 Å². The van der Waals surface area contributed by atoms with Crippen molar-refractivity contribution in [1.29, 1.82) is 0 Å². The number of nitrogens with zero attached hydrogens (tertiary/aromatic N) is 4. The van der Waals surface area contributed by atoms with Crippen molar-refractivity contribution in [3.8, 4) is 0 Å². The molecule has 2 rings (SSSR count). The molecule has 0 atom stereocenters. The van der Waals surface area contributed by atoms with Crippen molar-refractivity contribution < 1.29 is 13.3 Å². The Kier molecular flexibility index (Phi) is 4.22. The number of nitro groups is 1. The molecule has 116 valence electrons. The summed E-state index contributed by atoms with van der Waals surface area (Å²) in [7, 11) is -1.73. The molecule has 22 heavy (non-hydrogen) atoms. The van der Waals surface area contributed by atoms with Gasteiger partial charge in [-0.2, -0.15) is 5.10 Å². The average molecular weight is 323 g/mol. The molecular formula is C12H13N5O4S. The molecule has 0 aliphatic carbocycles. The second kappa shape index (κ2) is 5.93. The number of hydrogen-bond acceptors (Lipinski definition) is 7.